The molecule has 0 aliphatic rings. The van der Waals surface area contributed by atoms with Gasteiger partial charge in [0.25, 0.3) is 0 Å². The normalized spacial score (nSPS) is 10.7. The lowest BCUT2D eigenvalue weighted by atomic mass is 10.2. The maximum Gasteiger partial charge on any atom is 0.0361 e. The van der Waals surface area contributed by atoms with Crippen molar-refractivity contribution in [3.63, 3.8) is 0 Å². The summed E-state index contributed by atoms with van der Waals surface area (Å²) in [6, 6.07) is 8.45. The van der Waals surface area contributed by atoms with Crippen molar-refractivity contribution in [2.24, 2.45) is 0 Å². The summed E-state index contributed by atoms with van der Waals surface area (Å²) < 4.78 is 0. The van der Waals surface area contributed by atoms with Gasteiger partial charge in [0.05, 0.1) is 0 Å². The van der Waals surface area contributed by atoms with Gasteiger partial charge in [0, 0.05) is 19.8 Å². The highest BCUT2D eigenvalue weighted by molar-refractivity contribution is 5.55. The Bertz CT molecular complexity index is 270. The summed E-state index contributed by atoms with van der Waals surface area (Å²) in [5.41, 5.74) is 2.46. The fourth-order valence-corrected chi connectivity index (χ4v) is 1.10. The van der Waals surface area contributed by atoms with Crippen molar-refractivity contribution in [1.29, 1.82) is 0 Å². The lowest BCUT2D eigenvalue weighted by Gasteiger charge is -2.11. The Morgan fingerprint density at radius 1 is 1.23 bits per heavy atom. The van der Waals surface area contributed by atoms with E-state index in [1.165, 1.54) is 11.3 Å². The molecule has 0 saturated carbocycles. The zero-order valence-corrected chi connectivity index (χ0v) is 8.33. The summed E-state index contributed by atoms with van der Waals surface area (Å²) in [6.07, 6.45) is 4.99. The third-order valence-electron chi connectivity index (χ3n) is 1.89. The molecule has 0 bridgehead atoms. The zero-order chi connectivity index (χ0) is 9.68. The van der Waals surface area contributed by atoms with E-state index in [0.29, 0.717) is 0 Å². The van der Waals surface area contributed by atoms with Crippen LogP contribution in [0.15, 0.2) is 30.3 Å². The van der Waals surface area contributed by atoms with Crippen LogP contribution in [0.1, 0.15) is 12.0 Å². The van der Waals surface area contributed by atoms with E-state index in [1.807, 2.05) is 14.1 Å². The smallest absolute Gasteiger partial charge is 0.0361 e. The standard InChI is InChI=1S/C12H16N/c1-4-5-6-11-7-9-12(10-8-11)13(2)3/h5-10H,1,4H2,2-3H3. The van der Waals surface area contributed by atoms with Crippen LogP contribution in [0.2, 0.25) is 0 Å². The second kappa shape index (κ2) is 4.70. The highest BCUT2D eigenvalue weighted by atomic mass is 15.1. The van der Waals surface area contributed by atoms with E-state index < -0.39 is 0 Å². The van der Waals surface area contributed by atoms with Gasteiger partial charge in [-0.25, -0.2) is 0 Å². The maximum atomic E-state index is 3.75. The van der Waals surface area contributed by atoms with Crippen LogP contribution < -0.4 is 4.90 Å². The monoisotopic (exact) mass is 174 g/mol. The summed E-state index contributed by atoms with van der Waals surface area (Å²) in [4.78, 5) is 2.09. The van der Waals surface area contributed by atoms with Gasteiger partial charge in [-0.3, -0.25) is 0 Å². The minimum Gasteiger partial charge on any atom is -0.378 e. The topological polar surface area (TPSA) is 3.24 Å². The van der Waals surface area contributed by atoms with Crippen LogP contribution in [0.4, 0.5) is 5.69 Å². The van der Waals surface area contributed by atoms with Gasteiger partial charge in [0.15, 0.2) is 0 Å². The summed E-state index contributed by atoms with van der Waals surface area (Å²) in [7, 11) is 4.08. The fraction of sp³-hybridized carbons (Fsp3) is 0.250. The zero-order valence-electron chi connectivity index (χ0n) is 8.33. The molecule has 0 saturated heterocycles. The van der Waals surface area contributed by atoms with E-state index in [0.717, 1.165) is 6.42 Å². The first kappa shape index (κ1) is 9.85. The predicted octanol–water partition coefficient (Wildman–Crippen LogP) is 2.99. The van der Waals surface area contributed by atoms with Gasteiger partial charge in [0.2, 0.25) is 0 Å². The molecule has 0 aromatic heterocycles. The Morgan fingerprint density at radius 3 is 2.31 bits per heavy atom. The molecule has 0 heterocycles. The number of hydrogen-bond donors (Lipinski definition) is 0. The molecule has 1 radical (unpaired) electrons. The van der Waals surface area contributed by atoms with Crippen LogP contribution in [0.25, 0.3) is 6.08 Å². The van der Waals surface area contributed by atoms with E-state index in [-0.39, 0.29) is 0 Å². The van der Waals surface area contributed by atoms with Crippen LogP contribution in [-0.2, 0) is 0 Å². The van der Waals surface area contributed by atoms with E-state index in [2.05, 4.69) is 48.2 Å². The molecule has 0 N–H and O–H groups in total. The number of rotatable bonds is 3. The van der Waals surface area contributed by atoms with E-state index in [4.69, 9.17) is 0 Å². The van der Waals surface area contributed by atoms with Gasteiger partial charge in [-0.2, -0.15) is 0 Å². The van der Waals surface area contributed by atoms with Gasteiger partial charge >= 0.3 is 0 Å². The third kappa shape index (κ3) is 2.94. The summed E-state index contributed by atoms with van der Waals surface area (Å²) in [5, 5.41) is 0. The highest BCUT2D eigenvalue weighted by Gasteiger charge is 1.92. The van der Waals surface area contributed by atoms with Crippen molar-refractivity contribution >= 4 is 11.8 Å². The van der Waals surface area contributed by atoms with Crippen molar-refractivity contribution < 1.29 is 0 Å². The molecule has 13 heavy (non-hydrogen) atoms. The van der Waals surface area contributed by atoms with Crippen LogP contribution in [0.5, 0.6) is 0 Å². The van der Waals surface area contributed by atoms with Gasteiger partial charge in [-0.05, 0) is 31.0 Å². The quantitative estimate of drug-likeness (QED) is 0.681. The number of anilines is 1. The molecule has 1 aromatic rings. The van der Waals surface area contributed by atoms with Crippen molar-refractivity contribution in [3.05, 3.63) is 42.8 Å². The van der Waals surface area contributed by atoms with Crippen LogP contribution >= 0.6 is 0 Å². The Labute approximate surface area is 80.7 Å². The SMILES string of the molecule is [CH2]CC=Cc1ccc(N(C)C)cc1. The number of nitrogens with zero attached hydrogens (tertiary/aromatic N) is 1. The molecule has 0 amide bonds. The molecule has 1 heteroatoms. The largest absolute Gasteiger partial charge is 0.378 e. The number of benzene rings is 1. The predicted molar refractivity (Wildman–Crippen MR) is 59.8 cm³/mol. The third-order valence-corrected chi connectivity index (χ3v) is 1.89. The van der Waals surface area contributed by atoms with Crippen molar-refractivity contribution in [2.75, 3.05) is 19.0 Å². The van der Waals surface area contributed by atoms with Crippen LogP contribution in [0, 0.1) is 6.92 Å². The van der Waals surface area contributed by atoms with E-state index in [1.54, 1.807) is 0 Å². The first-order valence-electron chi connectivity index (χ1n) is 4.47. The number of allylic oxidation sites excluding steroid dienone is 1. The molecular weight excluding hydrogens is 158 g/mol. The van der Waals surface area contributed by atoms with Crippen molar-refractivity contribution in [2.45, 2.75) is 6.42 Å². The fourth-order valence-electron chi connectivity index (χ4n) is 1.10. The lowest BCUT2D eigenvalue weighted by molar-refractivity contribution is 1.13. The molecule has 0 atom stereocenters. The molecule has 69 valence electrons. The summed E-state index contributed by atoms with van der Waals surface area (Å²) in [6.45, 7) is 3.75. The maximum absolute atomic E-state index is 3.75. The average molecular weight is 174 g/mol. The Kier molecular flexibility index (Phi) is 3.56. The second-order valence-corrected chi connectivity index (χ2v) is 3.18. The molecule has 0 spiro atoms. The van der Waals surface area contributed by atoms with Gasteiger partial charge in [0.1, 0.15) is 0 Å². The van der Waals surface area contributed by atoms with Crippen LogP contribution in [0.3, 0.4) is 0 Å². The van der Waals surface area contributed by atoms with Gasteiger partial charge in [-0.1, -0.05) is 24.3 Å². The summed E-state index contributed by atoms with van der Waals surface area (Å²) in [5.74, 6) is 0. The van der Waals surface area contributed by atoms with E-state index in [9.17, 15) is 0 Å². The minimum absolute atomic E-state index is 0.843. The highest BCUT2D eigenvalue weighted by Crippen LogP contribution is 2.13. The molecule has 1 nitrogen and oxygen atoms in total. The molecule has 0 aliphatic heterocycles. The lowest BCUT2D eigenvalue weighted by Crippen LogP contribution is -2.07. The number of hydrogen-bond acceptors (Lipinski definition) is 1. The first-order valence-corrected chi connectivity index (χ1v) is 4.47. The van der Waals surface area contributed by atoms with Crippen molar-refractivity contribution in [1.82, 2.24) is 0 Å². The second-order valence-electron chi connectivity index (χ2n) is 3.18. The minimum atomic E-state index is 0.843. The molecule has 0 fully saturated rings. The molecule has 1 aromatic carbocycles. The van der Waals surface area contributed by atoms with E-state index >= 15 is 0 Å². The Morgan fingerprint density at radius 2 is 1.85 bits per heavy atom. The van der Waals surface area contributed by atoms with Crippen molar-refractivity contribution in [3.8, 4) is 0 Å². The summed E-state index contributed by atoms with van der Waals surface area (Å²) >= 11 is 0. The Balaban J connectivity index is 2.75. The van der Waals surface area contributed by atoms with Crippen LogP contribution in [-0.4, -0.2) is 14.1 Å². The molecule has 1 rings (SSSR count). The Hall–Kier alpha value is -1.24. The molecular formula is C12H16N. The molecule has 0 aliphatic carbocycles. The first-order chi connectivity index (χ1) is 6.24. The molecule has 0 unspecified atom stereocenters. The van der Waals surface area contributed by atoms with Gasteiger partial charge < -0.3 is 4.90 Å². The average Bonchev–Trinajstić information content (AvgIpc) is 2.15. The van der Waals surface area contributed by atoms with Gasteiger partial charge in [-0.15, -0.1) is 0 Å².